The van der Waals surface area contributed by atoms with Crippen LogP contribution in [0.25, 0.3) is 22.6 Å². The van der Waals surface area contributed by atoms with Gasteiger partial charge in [0.15, 0.2) is 5.65 Å². The van der Waals surface area contributed by atoms with Crippen molar-refractivity contribution < 1.29 is 0 Å². The first-order valence-corrected chi connectivity index (χ1v) is 6.80. The van der Waals surface area contributed by atoms with E-state index in [9.17, 15) is 0 Å². The molecule has 3 aromatic rings. The highest BCUT2D eigenvalue weighted by molar-refractivity contribution is 6.35. The highest BCUT2D eigenvalue weighted by Gasteiger charge is 2.11. The highest BCUT2D eigenvalue weighted by atomic mass is 35.5. The monoisotopic (exact) mass is 306 g/mol. The zero-order valence-electron chi connectivity index (χ0n) is 11.0. The van der Waals surface area contributed by atoms with E-state index in [2.05, 4.69) is 15.0 Å². The van der Waals surface area contributed by atoms with E-state index in [-0.39, 0.29) is 0 Å². The Morgan fingerprint density at radius 3 is 2.60 bits per heavy atom. The third kappa shape index (κ3) is 2.32. The minimum absolute atomic E-state index is 0.598. The van der Waals surface area contributed by atoms with E-state index in [0.717, 1.165) is 16.9 Å². The maximum atomic E-state index is 6.19. The zero-order valence-corrected chi connectivity index (χ0v) is 12.5. The van der Waals surface area contributed by atoms with Gasteiger partial charge < -0.3 is 9.88 Å². The lowest BCUT2D eigenvalue weighted by Crippen LogP contribution is -2.10. The highest BCUT2D eigenvalue weighted by Crippen LogP contribution is 2.30. The topological polar surface area (TPSA) is 44.8 Å². The Labute approximate surface area is 126 Å². The summed E-state index contributed by atoms with van der Waals surface area (Å²) >= 11 is 12.2. The molecule has 2 heterocycles. The molecule has 0 radical (unpaired) electrons. The van der Waals surface area contributed by atoms with E-state index >= 15 is 0 Å². The molecule has 0 aliphatic carbocycles. The van der Waals surface area contributed by atoms with Gasteiger partial charge in [-0.05, 0) is 30.3 Å². The zero-order chi connectivity index (χ0) is 14.3. The summed E-state index contributed by atoms with van der Waals surface area (Å²) in [7, 11) is 3.88. The smallest absolute Gasteiger partial charge is 0.180 e. The number of nitrogens with one attached hydrogen (secondary N) is 1. The molecular weight excluding hydrogens is 295 g/mol. The van der Waals surface area contributed by atoms with E-state index in [1.165, 1.54) is 0 Å². The SMILES string of the molecule is CN(C)c1ccc2[nH]c(-c3cc(Cl)ccc3Cl)nc2n1. The van der Waals surface area contributed by atoms with Crippen LogP contribution in [0.4, 0.5) is 5.82 Å². The number of imidazole rings is 1. The Balaban J connectivity index is 2.15. The summed E-state index contributed by atoms with van der Waals surface area (Å²) in [6.45, 7) is 0. The molecule has 1 aromatic carbocycles. The number of aromatic nitrogens is 3. The number of hydrogen-bond acceptors (Lipinski definition) is 3. The first-order valence-electron chi connectivity index (χ1n) is 6.04. The summed E-state index contributed by atoms with van der Waals surface area (Å²) in [6.07, 6.45) is 0. The van der Waals surface area contributed by atoms with Crippen molar-refractivity contribution in [3.05, 3.63) is 40.4 Å². The number of nitrogens with zero attached hydrogens (tertiary/aromatic N) is 3. The third-order valence-electron chi connectivity index (χ3n) is 2.97. The maximum Gasteiger partial charge on any atom is 0.180 e. The normalized spacial score (nSPS) is 11.0. The first-order chi connectivity index (χ1) is 9.54. The van der Waals surface area contributed by atoms with Crippen LogP contribution in [0.5, 0.6) is 0 Å². The van der Waals surface area contributed by atoms with E-state index in [4.69, 9.17) is 23.2 Å². The maximum absolute atomic E-state index is 6.19. The van der Waals surface area contributed by atoms with Crippen LogP contribution in [0.1, 0.15) is 0 Å². The molecule has 20 heavy (non-hydrogen) atoms. The number of rotatable bonds is 2. The minimum atomic E-state index is 0.598. The lowest BCUT2D eigenvalue weighted by atomic mass is 10.2. The van der Waals surface area contributed by atoms with Crippen molar-refractivity contribution in [2.45, 2.75) is 0 Å². The molecule has 102 valence electrons. The van der Waals surface area contributed by atoms with Crippen LogP contribution < -0.4 is 4.90 Å². The average molecular weight is 307 g/mol. The molecular formula is C14H12Cl2N4. The van der Waals surface area contributed by atoms with Crippen LogP contribution in [0.2, 0.25) is 10.0 Å². The van der Waals surface area contributed by atoms with Crippen molar-refractivity contribution in [1.82, 2.24) is 15.0 Å². The third-order valence-corrected chi connectivity index (χ3v) is 3.54. The molecule has 1 N–H and O–H groups in total. The number of fused-ring (bicyclic) bond motifs is 1. The van der Waals surface area contributed by atoms with E-state index < -0.39 is 0 Å². The molecule has 0 atom stereocenters. The van der Waals surface area contributed by atoms with Crippen molar-refractivity contribution in [3.63, 3.8) is 0 Å². The van der Waals surface area contributed by atoms with E-state index in [1.807, 2.05) is 31.1 Å². The lowest BCUT2D eigenvalue weighted by molar-refractivity contribution is 1.08. The van der Waals surface area contributed by atoms with Gasteiger partial charge in [0.2, 0.25) is 0 Å². The standard InChI is InChI=1S/C14H12Cl2N4/c1-20(2)12-6-5-11-14(18-12)19-13(17-11)9-7-8(15)3-4-10(9)16/h3-7H,1-2H3,(H,17,18,19). The number of pyridine rings is 1. The fraction of sp³-hybridized carbons (Fsp3) is 0.143. The summed E-state index contributed by atoms with van der Waals surface area (Å²) in [6, 6.07) is 9.18. The van der Waals surface area contributed by atoms with E-state index in [0.29, 0.717) is 21.5 Å². The molecule has 3 rings (SSSR count). The lowest BCUT2D eigenvalue weighted by Gasteiger charge is -2.09. The number of halogens is 2. The fourth-order valence-electron chi connectivity index (χ4n) is 1.94. The number of benzene rings is 1. The second-order valence-electron chi connectivity index (χ2n) is 4.64. The predicted octanol–water partition coefficient (Wildman–Crippen LogP) is 4.00. The molecule has 0 saturated carbocycles. The molecule has 0 aliphatic rings. The predicted molar refractivity (Wildman–Crippen MR) is 83.7 cm³/mol. The molecule has 0 saturated heterocycles. The van der Waals surface area contributed by atoms with Gasteiger partial charge in [-0.1, -0.05) is 23.2 Å². The molecule has 0 spiro atoms. The number of aromatic amines is 1. The second kappa shape index (κ2) is 4.96. The Morgan fingerprint density at radius 2 is 1.85 bits per heavy atom. The number of H-pyrrole nitrogens is 1. The van der Waals surface area contributed by atoms with Crippen molar-refractivity contribution in [1.29, 1.82) is 0 Å². The van der Waals surface area contributed by atoms with Gasteiger partial charge in [-0.3, -0.25) is 0 Å². The second-order valence-corrected chi connectivity index (χ2v) is 5.49. The molecule has 2 aromatic heterocycles. The van der Waals surface area contributed by atoms with Gasteiger partial charge in [0.25, 0.3) is 0 Å². The van der Waals surface area contributed by atoms with Gasteiger partial charge in [0.1, 0.15) is 11.6 Å². The molecule has 6 heteroatoms. The van der Waals surface area contributed by atoms with Gasteiger partial charge >= 0.3 is 0 Å². The summed E-state index contributed by atoms with van der Waals surface area (Å²) < 4.78 is 0. The van der Waals surface area contributed by atoms with Crippen molar-refractivity contribution in [2.75, 3.05) is 19.0 Å². The number of hydrogen-bond donors (Lipinski definition) is 1. The van der Waals surface area contributed by atoms with Gasteiger partial charge in [-0.15, -0.1) is 0 Å². The van der Waals surface area contributed by atoms with Crippen molar-refractivity contribution in [3.8, 4) is 11.4 Å². The van der Waals surface area contributed by atoms with Crippen LogP contribution in [0, 0.1) is 0 Å². The first kappa shape index (κ1) is 13.2. The Kier molecular flexibility index (Phi) is 3.28. The van der Waals surface area contributed by atoms with Crippen molar-refractivity contribution >= 4 is 40.2 Å². The van der Waals surface area contributed by atoms with Crippen LogP contribution in [-0.2, 0) is 0 Å². The van der Waals surface area contributed by atoms with Gasteiger partial charge in [0.05, 0.1) is 10.5 Å². The largest absolute Gasteiger partial charge is 0.363 e. The van der Waals surface area contributed by atoms with Gasteiger partial charge in [-0.2, -0.15) is 0 Å². The summed E-state index contributed by atoms with van der Waals surface area (Å²) in [5.41, 5.74) is 2.28. The summed E-state index contributed by atoms with van der Waals surface area (Å²) in [5, 5.41) is 1.22. The van der Waals surface area contributed by atoms with Gasteiger partial charge in [-0.25, -0.2) is 9.97 Å². The Bertz CT molecular complexity index is 780. The minimum Gasteiger partial charge on any atom is -0.363 e. The molecule has 0 fully saturated rings. The molecule has 0 unspecified atom stereocenters. The van der Waals surface area contributed by atoms with E-state index in [1.54, 1.807) is 18.2 Å². The van der Waals surface area contributed by atoms with Crippen LogP contribution in [0.15, 0.2) is 30.3 Å². The Hall–Kier alpha value is -1.78. The van der Waals surface area contributed by atoms with Crippen LogP contribution >= 0.6 is 23.2 Å². The van der Waals surface area contributed by atoms with Crippen molar-refractivity contribution in [2.24, 2.45) is 0 Å². The summed E-state index contributed by atoms with van der Waals surface area (Å²) in [5.74, 6) is 1.52. The average Bonchev–Trinajstić information content (AvgIpc) is 2.83. The number of anilines is 1. The van der Waals surface area contributed by atoms with Crippen LogP contribution in [-0.4, -0.2) is 29.0 Å². The Morgan fingerprint density at radius 1 is 1.05 bits per heavy atom. The quantitative estimate of drug-likeness (QED) is 0.778. The molecule has 0 bridgehead atoms. The molecule has 4 nitrogen and oxygen atoms in total. The summed E-state index contributed by atoms with van der Waals surface area (Å²) in [4.78, 5) is 14.1. The molecule has 0 amide bonds. The molecule has 0 aliphatic heterocycles. The van der Waals surface area contributed by atoms with Crippen LogP contribution in [0.3, 0.4) is 0 Å². The fourth-order valence-corrected chi connectivity index (χ4v) is 2.32. The van der Waals surface area contributed by atoms with Gasteiger partial charge in [0, 0.05) is 24.7 Å².